The van der Waals surface area contributed by atoms with Crippen LogP contribution in [-0.2, 0) is 13.1 Å². The van der Waals surface area contributed by atoms with E-state index < -0.39 is 4.92 Å². The van der Waals surface area contributed by atoms with E-state index in [0.29, 0.717) is 12.8 Å². The van der Waals surface area contributed by atoms with Crippen LogP contribution in [0.4, 0.5) is 17.1 Å². The molecule has 0 amide bonds. The Morgan fingerprint density at radius 1 is 0.686 bits per heavy atom. The van der Waals surface area contributed by atoms with Crippen LogP contribution in [-0.4, -0.2) is 124 Å². The first-order chi connectivity index (χ1) is 24.2. The zero-order valence-electron chi connectivity index (χ0n) is 31.8. The lowest BCUT2D eigenvalue weighted by molar-refractivity contribution is -0.385. The van der Waals surface area contributed by atoms with Crippen molar-refractivity contribution in [1.82, 2.24) is 24.9 Å². The van der Waals surface area contributed by atoms with E-state index in [9.17, 15) is 25.0 Å². The Morgan fingerprint density at radius 2 is 1.18 bits per heavy atom. The van der Waals surface area contributed by atoms with Gasteiger partial charge in [0.15, 0.2) is 6.29 Å². The first kappa shape index (κ1) is 46.7. The zero-order chi connectivity index (χ0) is 38.6. The van der Waals surface area contributed by atoms with Crippen molar-refractivity contribution in [3.8, 4) is 0 Å². The second kappa shape index (κ2) is 28.4. The standard InChI is InChI=1S/C13H23N3.C12H19N3O2.C7H5NO3.C5H14N2/c1-15(2)9-6-10-16(3)11-12-7-4-5-8-13(12)14;1-14(2)9-5-8-13-10-11-6-3-4-7-12(11)15(16)17;9-5-6-3-1-2-4-7(6)8(10)11;1-7(2)5-3-4-6/h4-5,7-8H,6,9-11,14H2,1-3H3;3-4,6-7,13H,5,8-10H2,1-2H3;1-5H;3-6H2,1-2H3/p+1. The van der Waals surface area contributed by atoms with Crippen molar-refractivity contribution in [2.45, 2.75) is 32.4 Å². The van der Waals surface area contributed by atoms with E-state index in [1.54, 1.807) is 18.2 Å². The Labute approximate surface area is 304 Å². The van der Waals surface area contributed by atoms with Crippen molar-refractivity contribution in [3.63, 3.8) is 0 Å². The first-order valence-corrected chi connectivity index (χ1v) is 17.1. The lowest BCUT2D eigenvalue weighted by Crippen LogP contribution is -2.50. The van der Waals surface area contributed by atoms with Gasteiger partial charge in [-0.2, -0.15) is 0 Å². The van der Waals surface area contributed by atoms with Gasteiger partial charge in [0.25, 0.3) is 11.4 Å². The van der Waals surface area contributed by atoms with Gasteiger partial charge in [-0.3, -0.25) is 25.0 Å². The fourth-order valence-electron chi connectivity index (χ4n) is 4.47. The SMILES string of the molecule is CN(C)CCCN(C)Cc1ccccc1N.CN(C)CCCNCc1ccccc1[N+](=O)[O-].CN(C)CCC[NH3+].O=Cc1ccccc1[N+](=O)[O-]. The number of rotatable bonds is 18. The second-order valence-electron chi connectivity index (χ2n) is 12.8. The maximum absolute atomic E-state index is 10.8. The topological polar surface area (TPSA) is 182 Å². The summed E-state index contributed by atoms with van der Waals surface area (Å²) in [4.78, 5) is 39.1. The van der Waals surface area contributed by atoms with Crippen molar-refractivity contribution < 1.29 is 20.4 Å². The molecule has 51 heavy (non-hydrogen) atoms. The monoisotopic (exact) mass is 712 g/mol. The summed E-state index contributed by atoms with van der Waals surface area (Å²) in [6, 6.07) is 20.7. The van der Waals surface area contributed by atoms with Crippen molar-refractivity contribution >= 4 is 23.3 Å². The van der Waals surface area contributed by atoms with Crippen LogP contribution in [0.25, 0.3) is 0 Å². The maximum atomic E-state index is 10.8. The van der Waals surface area contributed by atoms with Gasteiger partial charge < -0.3 is 36.4 Å². The van der Waals surface area contributed by atoms with Crippen LogP contribution < -0.4 is 16.8 Å². The Kier molecular flexibility index (Phi) is 26.0. The van der Waals surface area contributed by atoms with E-state index in [-0.39, 0.29) is 21.9 Å². The van der Waals surface area contributed by atoms with Gasteiger partial charge in [-0.1, -0.05) is 48.5 Å². The summed E-state index contributed by atoms with van der Waals surface area (Å²) >= 11 is 0. The Hall–Kier alpha value is -4.31. The molecule has 0 aliphatic heterocycles. The number of nitrogens with zero attached hydrogens (tertiary/aromatic N) is 6. The number of nitrogen functional groups attached to an aromatic ring is 1. The minimum absolute atomic E-state index is 0.109. The highest BCUT2D eigenvalue weighted by Gasteiger charge is 2.11. The summed E-state index contributed by atoms with van der Waals surface area (Å²) in [5.41, 5.74) is 12.6. The number of hydrogen-bond acceptors (Lipinski definition) is 11. The number of carbonyl (C=O) groups excluding carboxylic acids is 1. The van der Waals surface area contributed by atoms with Crippen molar-refractivity contribution in [2.24, 2.45) is 0 Å². The summed E-state index contributed by atoms with van der Waals surface area (Å²) in [6.45, 7) is 7.82. The number of aldehydes is 1. The molecule has 0 unspecified atom stereocenters. The highest BCUT2D eigenvalue weighted by molar-refractivity contribution is 5.81. The maximum Gasteiger partial charge on any atom is 0.279 e. The van der Waals surface area contributed by atoms with Gasteiger partial charge in [-0.15, -0.1) is 0 Å². The molecule has 6 N–H and O–H groups in total. The molecule has 3 rings (SSSR count). The normalized spacial score (nSPS) is 10.5. The van der Waals surface area contributed by atoms with Crippen LogP contribution in [0.1, 0.15) is 40.7 Å². The molecule has 0 bridgehead atoms. The summed E-state index contributed by atoms with van der Waals surface area (Å²) < 4.78 is 0. The molecular formula is C37H62N9O5+. The molecule has 0 aliphatic rings. The predicted molar refractivity (Wildman–Crippen MR) is 208 cm³/mol. The summed E-state index contributed by atoms with van der Waals surface area (Å²) in [5, 5.41) is 24.2. The molecule has 3 aromatic carbocycles. The van der Waals surface area contributed by atoms with Gasteiger partial charge in [0, 0.05) is 49.4 Å². The van der Waals surface area contributed by atoms with Crippen molar-refractivity contribution in [3.05, 3.63) is 110 Å². The van der Waals surface area contributed by atoms with E-state index in [1.165, 1.54) is 49.2 Å². The van der Waals surface area contributed by atoms with Gasteiger partial charge in [-0.05, 0) is 106 Å². The third-order valence-corrected chi connectivity index (χ3v) is 7.22. The Balaban J connectivity index is 0.000000684. The summed E-state index contributed by atoms with van der Waals surface area (Å²) in [5.74, 6) is 0. The lowest BCUT2D eigenvalue weighted by Gasteiger charge is -2.19. The van der Waals surface area contributed by atoms with E-state index in [4.69, 9.17) is 5.73 Å². The van der Waals surface area contributed by atoms with Gasteiger partial charge in [0.1, 0.15) is 0 Å². The molecule has 14 nitrogen and oxygen atoms in total. The van der Waals surface area contributed by atoms with E-state index >= 15 is 0 Å². The molecule has 0 fully saturated rings. The average molecular weight is 713 g/mol. The molecule has 0 spiro atoms. The molecule has 0 aromatic heterocycles. The fraction of sp³-hybridized carbons (Fsp3) is 0.486. The lowest BCUT2D eigenvalue weighted by atomic mass is 10.1. The zero-order valence-corrected chi connectivity index (χ0v) is 31.8. The van der Waals surface area contributed by atoms with E-state index in [0.717, 1.165) is 56.9 Å². The number of para-hydroxylation sites is 3. The molecule has 0 heterocycles. The van der Waals surface area contributed by atoms with E-state index in [2.05, 4.69) is 72.0 Å². The molecule has 284 valence electrons. The van der Waals surface area contributed by atoms with Crippen LogP contribution >= 0.6 is 0 Å². The number of nitrogens with two attached hydrogens (primary N) is 1. The fourth-order valence-corrected chi connectivity index (χ4v) is 4.47. The minimum atomic E-state index is -0.580. The number of hydrogen-bond donors (Lipinski definition) is 3. The van der Waals surface area contributed by atoms with Crippen LogP contribution in [0.3, 0.4) is 0 Å². The first-order valence-electron chi connectivity index (χ1n) is 17.1. The number of nitro benzene ring substituents is 2. The van der Waals surface area contributed by atoms with Gasteiger partial charge in [0.05, 0.1) is 22.0 Å². The van der Waals surface area contributed by atoms with Crippen molar-refractivity contribution in [2.75, 3.05) is 94.3 Å². The number of anilines is 1. The molecule has 0 saturated heterocycles. The molecular weight excluding hydrogens is 650 g/mol. The van der Waals surface area contributed by atoms with Crippen LogP contribution in [0.5, 0.6) is 0 Å². The number of nitro groups is 2. The molecule has 0 saturated carbocycles. The van der Waals surface area contributed by atoms with E-state index in [1.807, 2.05) is 38.4 Å². The Bertz CT molecular complexity index is 1390. The van der Waals surface area contributed by atoms with Crippen LogP contribution in [0, 0.1) is 20.2 Å². The van der Waals surface area contributed by atoms with Crippen LogP contribution in [0.2, 0.25) is 0 Å². The third-order valence-electron chi connectivity index (χ3n) is 7.22. The Morgan fingerprint density at radius 3 is 1.67 bits per heavy atom. The molecule has 0 radical (unpaired) electrons. The summed E-state index contributed by atoms with van der Waals surface area (Å²) in [6.07, 6.45) is 3.91. The second-order valence-corrected chi connectivity index (χ2v) is 12.8. The highest BCUT2D eigenvalue weighted by atomic mass is 16.6. The van der Waals surface area contributed by atoms with Crippen molar-refractivity contribution in [1.29, 1.82) is 0 Å². The molecule has 0 atom stereocenters. The average Bonchev–Trinajstić information content (AvgIpc) is 3.09. The van der Waals surface area contributed by atoms with Gasteiger partial charge in [-0.25, -0.2) is 0 Å². The number of carbonyl (C=O) groups is 1. The number of nitrogens with one attached hydrogen (secondary N) is 1. The largest absolute Gasteiger partial charge is 0.398 e. The van der Waals surface area contributed by atoms with Crippen LogP contribution in [0.15, 0.2) is 72.8 Å². The smallest absolute Gasteiger partial charge is 0.279 e. The number of quaternary nitrogens is 1. The molecule has 14 heteroatoms. The summed E-state index contributed by atoms with van der Waals surface area (Å²) in [7, 11) is 14.6. The predicted octanol–water partition coefficient (Wildman–Crippen LogP) is 3.88. The quantitative estimate of drug-likeness (QED) is 0.0573. The molecule has 0 aliphatic carbocycles. The van der Waals surface area contributed by atoms with Gasteiger partial charge >= 0.3 is 0 Å². The molecule has 3 aromatic rings. The number of benzene rings is 3. The minimum Gasteiger partial charge on any atom is -0.398 e. The highest BCUT2D eigenvalue weighted by Crippen LogP contribution is 2.17. The van der Waals surface area contributed by atoms with Gasteiger partial charge in [0.2, 0.25) is 0 Å². The third kappa shape index (κ3) is 23.7.